The number of nitrogens with two attached hydrogens (primary N) is 1. The molecule has 1 atom stereocenters. The number of carbonyl (C=O) groups is 1. The van der Waals surface area contributed by atoms with Crippen LogP contribution in [0.5, 0.6) is 0 Å². The first-order chi connectivity index (χ1) is 5.54. The van der Waals surface area contributed by atoms with E-state index >= 15 is 0 Å². The molecule has 0 amide bonds. The molecule has 0 aromatic carbocycles. The number of nitrogens with zero attached hydrogens (tertiary/aromatic N) is 1. The van der Waals surface area contributed by atoms with Crippen molar-refractivity contribution in [3.05, 3.63) is 23.5 Å². The normalized spacial score (nSPS) is 12.9. The Morgan fingerprint density at radius 3 is 2.67 bits per heavy atom. The van der Waals surface area contributed by atoms with Crippen molar-refractivity contribution in [3.8, 4) is 0 Å². The monoisotopic (exact) mass is 168 g/mol. The van der Waals surface area contributed by atoms with Gasteiger partial charge in [0.1, 0.15) is 6.04 Å². The highest BCUT2D eigenvalue weighted by Crippen LogP contribution is 2.15. The Morgan fingerprint density at radius 1 is 1.75 bits per heavy atom. The molecule has 1 unspecified atom stereocenters. The minimum atomic E-state index is -1.00. The Morgan fingerprint density at radius 2 is 2.33 bits per heavy atom. The van der Waals surface area contributed by atoms with Gasteiger partial charge in [0, 0.05) is 18.9 Å². The van der Waals surface area contributed by atoms with E-state index in [9.17, 15) is 4.79 Å². The van der Waals surface area contributed by atoms with Crippen molar-refractivity contribution < 1.29 is 9.90 Å². The number of rotatable bonds is 2. The maximum absolute atomic E-state index is 10.6. The lowest BCUT2D eigenvalue weighted by Crippen LogP contribution is -2.23. The minimum Gasteiger partial charge on any atom is -0.480 e. The van der Waals surface area contributed by atoms with Gasteiger partial charge in [-0.1, -0.05) is 0 Å². The fraction of sp³-hybridized carbons (Fsp3) is 0.375. The molecule has 4 nitrogen and oxygen atoms in total. The lowest BCUT2D eigenvalue weighted by atomic mass is 10.1. The third kappa shape index (κ3) is 1.33. The summed E-state index contributed by atoms with van der Waals surface area (Å²) in [5, 5.41) is 8.66. The summed E-state index contributed by atoms with van der Waals surface area (Å²) in [6, 6.07) is 0.919. The summed E-state index contributed by atoms with van der Waals surface area (Å²) < 4.78 is 1.73. The van der Waals surface area contributed by atoms with Crippen LogP contribution < -0.4 is 5.73 Å². The fourth-order valence-electron chi connectivity index (χ4n) is 1.25. The van der Waals surface area contributed by atoms with Gasteiger partial charge in [0.15, 0.2) is 0 Å². The maximum atomic E-state index is 10.6. The lowest BCUT2D eigenvalue weighted by Gasteiger charge is -2.09. The van der Waals surface area contributed by atoms with Crippen LogP contribution in [0.3, 0.4) is 0 Å². The van der Waals surface area contributed by atoms with Gasteiger partial charge in [0.25, 0.3) is 0 Å². The molecular weight excluding hydrogens is 156 g/mol. The summed E-state index contributed by atoms with van der Waals surface area (Å²) in [4.78, 5) is 10.6. The van der Waals surface area contributed by atoms with Crippen molar-refractivity contribution in [3.63, 3.8) is 0 Å². The van der Waals surface area contributed by atoms with Crippen LogP contribution in [-0.4, -0.2) is 15.6 Å². The summed E-state index contributed by atoms with van der Waals surface area (Å²) in [5.74, 6) is -1.00. The van der Waals surface area contributed by atoms with Gasteiger partial charge >= 0.3 is 5.97 Å². The fourth-order valence-corrected chi connectivity index (χ4v) is 1.25. The van der Waals surface area contributed by atoms with E-state index in [1.165, 1.54) is 0 Å². The number of carboxylic acid groups (broad SMARTS) is 1. The molecule has 1 aromatic heterocycles. The molecule has 0 saturated heterocycles. The molecule has 0 fully saturated rings. The van der Waals surface area contributed by atoms with Gasteiger partial charge in [-0.25, -0.2) is 0 Å². The van der Waals surface area contributed by atoms with Gasteiger partial charge in [0.05, 0.1) is 0 Å². The van der Waals surface area contributed by atoms with Gasteiger partial charge in [-0.3, -0.25) is 4.79 Å². The molecule has 3 N–H and O–H groups in total. The minimum absolute atomic E-state index is 0.655. The van der Waals surface area contributed by atoms with Gasteiger partial charge < -0.3 is 15.4 Å². The zero-order valence-corrected chi connectivity index (χ0v) is 7.11. The second-order valence-corrected chi connectivity index (χ2v) is 2.81. The van der Waals surface area contributed by atoms with E-state index in [1.807, 2.05) is 13.0 Å². The number of hydrogen-bond acceptors (Lipinski definition) is 2. The highest BCUT2D eigenvalue weighted by molar-refractivity contribution is 5.75. The van der Waals surface area contributed by atoms with Crippen molar-refractivity contribution in [2.75, 3.05) is 0 Å². The molecule has 4 heteroatoms. The molecule has 12 heavy (non-hydrogen) atoms. The molecule has 0 aliphatic carbocycles. The van der Waals surface area contributed by atoms with Crippen molar-refractivity contribution >= 4 is 5.97 Å². The van der Waals surface area contributed by atoms with E-state index < -0.39 is 12.0 Å². The summed E-state index contributed by atoms with van der Waals surface area (Å²) in [6.45, 7) is 1.85. The first kappa shape index (κ1) is 8.80. The van der Waals surface area contributed by atoms with E-state index in [1.54, 1.807) is 17.8 Å². The molecule has 0 spiro atoms. The molecule has 1 heterocycles. The number of aliphatic carboxylic acids is 1. The summed E-state index contributed by atoms with van der Waals surface area (Å²) in [5.41, 5.74) is 7.03. The number of hydrogen-bond donors (Lipinski definition) is 2. The second kappa shape index (κ2) is 2.98. The van der Waals surface area contributed by atoms with Crippen molar-refractivity contribution in [1.29, 1.82) is 0 Å². The van der Waals surface area contributed by atoms with Crippen LogP contribution in [0.25, 0.3) is 0 Å². The maximum Gasteiger partial charge on any atom is 0.326 e. The van der Waals surface area contributed by atoms with Gasteiger partial charge in [-0.05, 0) is 18.6 Å². The van der Waals surface area contributed by atoms with Crippen LogP contribution in [-0.2, 0) is 11.8 Å². The standard InChI is InChI=1S/C8H12N2O2/c1-5-3-4-10(2)7(5)6(9)8(11)12/h3-4,6H,9H2,1-2H3,(H,11,12). The van der Waals surface area contributed by atoms with Crippen LogP contribution >= 0.6 is 0 Å². The van der Waals surface area contributed by atoms with E-state index in [-0.39, 0.29) is 0 Å². The van der Waals surface area contributed by atoms with Crippen LogP contribution in [0.2, 0.25) is 0 Å². The third-order valence-corrected chi connectivity index (χ3v) is 1.89. The van der Waals surface area contributed by atoms with Crippen LogP contribution in [0, 0.1) is 6.92 Å². The SMILES string of the molecule is Cc1ccn(C)c1C(N)C(=O)O. The number of aryl methyl sites for hydroxylation is 2. The van der Waals surface area contributed by atoms with Crippen LogP contribution in [0.4, 0.5) is 0 Å². The van der Waals surface area contributed by atoms with E-state index in [0.717, 1.165) is 5.56 Å². The van der Waals surface area contributed by atoms with Crippen molar-refractivity contribution in [2.45, 2.75) is 13.0 Å². The van der Waals surface area contributed by atoms with Gasteiger partial charge in [-0.2, -0.15) is 0 Å². The molecule has 1 rings (SSSR count). The third-order valence-electron chi connectivity index (χ3n) is 1.89. The summed E-state index contributed by atoms with van der Waals surface area (Å²) >= 11 is 0. The van der Waals surface area contributed by atoms with Crippen LogP contribution in [0.1, 0.15) is 17.3 Å². The average Bonchev–Trinajstić information content (AvgIpc) is 2.30. The van der Waals surface area contributed by atoms with Crippen molar-refractivity contribution in [1.82, 2.24) is 4.57 Å². The van der Waals surface area contributed by atoms with E-state index in [2.05, 4.69) is 0 Å². The molecule has 66 valence electrons. The molecule has 0 radical (unpaired) electrons. The topological polar surface area (TPSA) is 68.2 Å². The molecule has 0 aliphatic rings. The first-order valence-corrected chi connectivity index (χ1v) is 3.64. The van der Waals surface area contributed by atoms with Gasteiger partial charge in [-0.15, -0.1) is 0 Å². The Hall–Kier alpha value is -1.29. The Labute approximate surface area is 70.6 Å². The lowest BCUT2D eigenvalue weighted by molar-refractivity contribution is -0.138. The predicted octanol–water partition coefficient (Wildman–Crippen LogP) is 0.418. The quantitative estimate of drug-likeness (QED) is 0.672. The molecule has 0 aliphatic heterocycles. The van der Waals surface area contributed by atoms with E-state index in [4.69, 9.17) is 10.8 Å². The Balaban J connectivity index is 3.08. The Kier molecular flexibility index (Phi) is 2.19. The first-order valence-electron chi connectivity index (χ1n) is 3.64. The summed E-state index contributed by atoms with van der Waals surface area (Å²) in [6.07, 6.45) is 1.80. The zero-order valence-electron chi connectivity index (χ0n) is 7.11. The number of carboxylic acids is 1. The van der Waals surface area contributed by atoms with Crippen molar-refractivity contribution in [2.24, 2.45) is 12.8 Å². The molecule has 1 aromatic rings. The predicted molar refractivity (Wildman–Crippen MR) is 44.7 cm³/mol. The summed E-state index contributed by atoms with van der Waals surface area (Å²) in [7, 11) is 1.78. The van der Waals surface area contributed by atoms with Gasteiger partial charge in [0.2, 0.25) is 0 Å². The second-order valence-electron chi connectivity index (χ2n) is 2.81. The molecular formula is C8H12N2O2. The molecule has 0 saturated carbocycles. The highest BCUT2D eigenvalue weighted by Gasteiger charge is 2.18. The van der Waals surface area contributed by atoms with E-state index in [0.29, 0.717) is 5.69 Å². The zero-order chi connectivity index (χ0) is 9.30. The highest BCUT2D eigenvalue weighted by atomic mass is 16.4. The smallest absolute Gasteiger partial charge is 0.326 e. The molecule has 0 bridgehead atoms. The number of aromatic nitrogens is 1. The Bertz CT molecular complexity index is 285. The average molecular weight is 168 g/mol. The van der Waals surface area contributed by atoms with Crippen LogP contribution in [0.15, 0.2) is 12.3 Å². The largest absolute Gasteiger partial charge is 0.480 e.